The highest BCUT2D eigenvalue weighted by Gasteiger charge is 2.36. The normalized spacial score (nSPS) is 12.0. The third-order valence-electron chi connectivity index (χ3n) is 7.59. The van der Waals surface area contributed by atoms with Crippen molar-refractivity contribution in [3.05, 3.63) is 124 Å². The molecule has 0 aliphatic rings. The Morgan fingerprint density at radius 3 is 2.09 bits per heavy atom. The average Bonchev–Trinajstić information content (AvgIpc) is 3.05. The van der Waals surface area contributed by atoms with Crippen LogP contribution in [-0.4, -0.2) is 51.4 Å². The molecule has 0 bridgehead atoms. The van der Waals surface area contributed by atoms with E-state index in [1.54, 1.807) is 54.6 Å². The summed E-state index contributed by atoms with van der Waals surface area (Å²) < 4.78 is 35.1. The second-order valence-electron chi connectivity index (χ2n) is 11.6. The maximum absolute atomic E-state index is 14.7. The highest BCUT2D eigenvalue weighted by molar-refractivity contribution is 7.92. The number of halogens is 2. The van der Waals surface area contributed by atoms with Crippen LogP contribution in [0.5, 0.6) is 5.75 Å². The van der Waals surface area contributed by atoms with Gasteiger partial charge in [0.05, 0.1) is 17.7 Å². The number of ether oxygens (including phenoxy) is 1. The van der Waals surface area contributed by atoms with Crippen molar-refractivity contribution in [2.24, 2.45) is 5.92 Å². The van der Waals surface area contributed by atoms with Crippen molar-refractivity contribution in [2.75, 3.05) is 24.5 Å². The minimum Gasteiger partial charge on any atom is -0.495 e. The van der Waals surface area contributed by atoms with Gasteiger partial charge in [0.15, 0.2) is 0 Å². The van der Waals surface area contributed by atoms with E-state index in [4.69, 9.17) is 27.9 Å². The van der Waals surface area contributed by atoms with Crippen LogP contribution >= 0.6 is 23.2 Å². The molecule has 248 valence electrons. The second-order valence-corrected chi connectivity index (χ2v) is 14.2. The molecule has 1 atom stereocenters. The Bertz CT molecular complexity index is 1760. The molecule has 0 fully saturated rings. The largest absolute Gasteiger partial charge is 0.495 e. The lowest BCUT2D eigenvalue weighted by molar-refractivity contribution is -0.140. The highest BCUT2D eigenvalue weighted by atomic mass is 35.5. The lowest BCUT2D eigenvalue weighted by Crippen LogP contribution is -2.53. The van der Waals surface area contributed by atoms with Crippen LogP contribution in [0.1, 0.15) is 30.5 Å². The minimum absolute atomic E-state index is 0.00184. The molecule has 4 aromatic carbocycles. The Kier molecular flexibility index (Phi) is 12.3. The van der Waals surface area contributed by atoms with Crippen molar-refractivity contribution in [2.45, 2.75) is 44.7 Å². The number of hydrogen-bond donors (Lipinski definition) is 1. The number of benzene rings is 4. The molecule has 0 radical (unpaired) electrons. The van der Waals surface area contributed by atoms with Gasteiger partial charge in [0, 0.05) is 35.1 Å². The lowest BCUT2D eigenvalue weighted by atomic mass is 10.0. The van der Waals surface area contributed by atoms with Crippen LogP contribution in [0, 0.1) is 12.8 Å². The van der Waals surface area contributed by atoms with E-state index in [1.807, 2.05) is 51.1 Å². The molecule has 2 amide bonds. The maximum Gasteiger partial charge on any atom is 0.264 e. The van der Waals surface area contributed by atoms with E-state index in [9.17, 15) is 18.0 Å². The van der Waals surface area contributed by atoms with E-state index in [0.29, 0.717) is 22.2 Å². The predicted molar refractivity (Wildman–Crippen MR) is 187 cm³/mol. The van der Waals surface area contributed by atoms with Gasteiger partial charge in [0.2, 0.25) is 11.8 Å². The molecule has 0 aliphatic carbocycles. The van der Waals surface area contributed by atoms with Crippen LogP contribution in [0.3, 0.4) is 0 Å². The second kappa shape index (κ2) is 16.2. The van der Waals surface area contributed by atoms with Gasteiger partial charge in [-0.05, 0) is 54.8 Å². The Balaban J connectivity index is 1.86. The van der Waals surface area contributed by atoms with E-state index in [1.165, 1.54) is 24.1 Å². The van der Waals surface area contributed by atoms with E-state index in [2.05, 4.69) is 5.32 Å². The van der Waals surface area contributed by atoms with Crippen LogP contribution in [0.15, 0.2) is 102 Å². The number of para-hydroxylation sites is 2. The summed E-state index contributed by atoms with van der Waals surface area (Å²) in [6.07, 6.45) is 0.165. The van der Waals surface area contributed by atoms with Crippen molar-refractivity contribution in [1.29, 1.82) is 0 Å². The topological polar surface area (TPSA) is 96.0 Å². The number of aryl methyl sites for hydroxylation is 1. The van der Waals surface area contributed by atoms with Gasteiger partial charge in [0.1, 0.15) is 18.3 Å². The zero-order valence-corrected chi connectivity index (χ0v) is 29.1. The maximum atomic E-state index is 14.7. The summed E-state index contributed by atoms with van der Waals surface area (Å²) in [5.41, 5.74) is 2.30. The predicted octanol–water partition coefficient (Wildman–Crippen LogP) is 6.92. The number of carbonyl (C=O) groups is 2. The molecule has 0 aromatic heterocycles. The SMILES string of the molecule is COc1ccccc1N(CC(=O)N(Cc1c(Cl)cccc1Cl)[C@@H](Cc1ccccc1)C(=O)NCC(C)C)S(=O)(=O)c1ccc(C)cc1. The van der Waals surface area contributed by atoms with Gasteiger partial charge in [0.25, 0.3) is 10.0 Å². The number of hydrogen-bond acceptors (Lipinski definition) is 5. The Hall–Kier alpha value is -4.05. The first kappa shape index (κ1) is 35.8. The van der Waals surface area contributed by atoms with Crippen molar-refractivity contribution >= 4 is 50.7 Å². The van der Waals surface area contributed by atoms with Gasteiger partial charge in [-0.25, -0.2) is 8.42 Å². The smallest absolute Gasteiger partial charge is 0.264 e. The lowest BCUT2D eigenvalue weighted by Gasteiger charge is -2.34. The molecule has 11 heteroatoms. The quantitative estimate of drug-likeness (QED) is 0.155. The summed E-state index contributed by atoms with van der Waals surface area (Å²) in [6.45, 7) is 5.40. The van der Waals surface area contributed by atoms with Crippen LogP contribution in [-0.2, 0) is 32.6 Å². The summed E-state index contributed by atoms with van der Waals surface area (Å²) >= 11 is 13.2. The Morgan fingerprint density at radius 2 is 1.47 bits per heavy atom. The first-order chi connectivity index (χ1) is 22.4. The van der Waals surface area contributed by atoms with Gasteiger partial charge in [-0.1, -0.05) is 103 Å². The summed E-state index contributed by atoms with van der Waals surface area (Å²) in [4.78, 5) is 30.0. The van der Waals surface area contributed by atoms with Crippen molar-refractivity contribution in [1.82, 2.24) is 10.2 Å². The van der Waals surface area contributed by atoms with E-state index >= 15 is 0 Å². The number of rotatable bonds is 14. The Morgan fingerprint density at radius 1 is 0.851 bits per heavy atom. The molecule has 0 unspecified atom stereocenters. The molecular formula is C36H39Cl2N3O5S. The zero-order chi connectivity index (χ0) is 34.1. The fourth-order valence-corrected chi connectivity index (χ4v) is 6.96. The van der Waals surface area contributed by atoms with E-state index in [-0.39, 0.29) is 41.1 Å². The molecule has 0 saturated heterocycles. The molecule has 0 aliphatic heterocycles. The first-order valence-corrected chi connectivity index (χ1v) is 17.4. The number of methoxy groups -OCH3 is 1. The minimum atomic E-state index is -4.29. The van der Waals surface area contributed by atoms with Crippen LogP contribution in [0.2, 0.25) is 10.0 Å². The third kappa shape index (κ3) is 9.06. The third-order valence-corrected chi connectivity index (χ3v) is 10.1. The molecule has 0 spiro atoms. The summed E-state index contributed by atoms with van der Waals surface area (Å²) in [7, 11) is -2.87. The molecular weight excluding hydrogens is 657 g/mol. The fourth-order valence-electron chi connectivity index (χ4n) is 5.02. The summed E-state index contributed by atoms with van der Waals surface area (Å²) in [5, 5.41) is 3.59. The number of amides is 2. The molecule has 47 heavy (non-hydrogen) atoms. The van der Waals surface area contributed by atoms with Gasteiger partial charge >= 0.3 is 0 Å². The van der Waals surface area contributed by atoms with Gasteiger partial charge in [-0.2, -0.15) is 0 Å². The molecule has 1 N–H and O–H groups in total. The van der Waals surface area contributed by atoms with E-state index < -0.39 is 28.5 Å². The monoisotopic (exact) mass is 695 g/mol. The fraction of sp³-hybridized carbons (Fsp3) is 0.278. The number of nitrogens with zero attached hydrogens (tertiary/aromatic N) is 2. The molecule has 0 saturated carbocycles. The standard InChI is InChI=1S/C36H39Cl2N3O5S/c1-25(2)22-39-36(43)33(21-27-11-6-5-7-12-27)40(23-29-30(37)13-10-14-31(29)38)35(42)24-41(32-15-8-9-16-34(32)46-4)47(44,45)28-19-17-26(3)18-20-28/h5-20,25,33H,21-24H2,1-4H3,(H,39,43)/t33-/m0/s1. The number of carbonyl (C=O) groups excluding carboxylic acids is 2. The number of sulfonamides is 1. The zero-order valence-electron chi connectivity index (χ0n) is 26.8. The van der Waals surface area contributed by atoms with Gasteiger partial charge in [-0.15, -0.1) is 0 Å². The van der Waals surface area contributed by atoms with Crippen molar-refractivity contribution < 1.29 is 22.7 Å². The molecule has 4 rings (SSSR count). The number of nitrogens with one attached hydrogen (secondary N) is 1. The van der Waals surface area contributed by atoms with Gasteiger partial charge in [-0.3, -0.25) is 13.9 Å². The molecule has 4 aromatic rings. The van der Waals surface area contributed by atoms with E-state index in [0.717, 1.165) is 15.4 Å². The molecule has 0 heterocycles. The van der Waals surface area contributed by atoms with Gasteiger partial charge < -0.3 is 15.0 Å². The summed E-state index contributed by atoms with van der Waals surface area (Å²) in [6, 6.07) is 26.2. The summed E-state index contributed by atoms with van der Waals surface area (Å²) in [5.74, 6) is -0.612. The highest BCUT2D eigenvalue weighted by Crippen LogP contribution is 2.33. The van der Waals surface area contributed by atoms with Crippen molar-refractivity contribution in [3.8, 4) is 5.75 Å². The molecule has 8 nitrogen and oxygen atoms in total. The number of anilines is 1. The Labute approximate surface area is 287 Å². The van der Waals surface area contributed by atoms with Crippen LogP contribution in [0.25, 0.3) is 0 Å². The van der Waals surface area contributed by atoms with Crippen LogP contribution < -0.4 is 14.4 Å². The first-order valence-electron chi connectivity index (χ1n) is 15.2. The van der Waals surface area contributed by atoms with Crippen LogP contribution in [0.4, 0.5) is 5.69 Å². The van der Waals surface area contributed by atoms with Crippen molar-refractivity contribution in [3.63, 3.8) is 0 Å². The average molecular weight is 697 g/mol.